The maximum atomic E-state index is 10.7. The highest BCUT2D eigenvalue weighted by atomic mass is 35.5. The van der Waals surface area contributed by atoms with Crippen molar-refractivity contribution in [2.45, 2.75) is 25.3 Å². The van der Waals surface area contributed by atoms with Gasteiger partial charge in [-0.25, -0.2) is 0 Å². The minimum absolute atomic E-state index is 0. The Balaban J connectivity index is 0.00000289. The van der Waals surface area contributed by atoms with Gasteiger partial charge in [-0.15, -0.1) is 12.4 Å². The molecule has 0 aliphatic heterocycles. The van der Waals surface area contributed by atoms with Crippen molar-refractivity contribution in [2.75, 3.05) is 6.54 Å². The predicted octanol–water partition coefficient (Wildman–Crippen LogP) is 2.80. The monoisotopic (exact) mass is 293 g/mol. The molecule has 0 spiro atoms. The number of nitrogens with zero attached hydrogens (tertiary/aromatic N) is 1. The predicted molar refractivity (Wildman–Crippen MR) is 75.2 cm³/mol. The zero-order valence-corrected chi connectivity index (χ0v) is 11.4. The van der Waals surface area contributed by atoms with Crippen LogP contribution in [-0.2, 0) is 0 Å². The van der Waals surface area contributed by atoms with Crippen molar-refractivity contribution in [1.82, 2.24) is 0 Å². The number of rotatable bonds is 6. The summed E-state index contributed by atoms with van der Waals surface area (Å²) in [5, 5.41) is 10.9. The third-order valence-corrected chi connectivity index (χ3v) is 2.88. The average Bonchev–Trinajstić information content (AvgIpc) is 2.29. The van der Waals surface area contributed by atoms with Gasteiger partial charge in [0.05, 0.1) is 4.92 Å². The van der Waals surface area contributed by atoms with E-state index < -0.39 is 4.92 Å². The Bertz CT molecular complexity index is 402. The number of benzene rings is 1. The van der Waals surface area contributed by atoms with E-state index >= 15 is 0 Å². The van der Waals surface area contributed by atoms with Crippen LogP contribution in [0.3, 0.4) is 0 Å². The van der Waals surface area contributed by atoms with Gasteiger partial charge in [0.15, 0.2) is 0 Å². The molecule has 5 nitrogen and oxygen atoms in total. The highest BCUT2D eigenvalue weighted by Crippen LogP contribution is 2.28. The minimum atomic E-state index is -0.502. The third kappa shape index (κ3) is 4.78. The molecule has 0 fully saturated rings. The smallest absolute Gasteiger partial charge is 0.288 e. The molecular weight excluding hydrogens is 277 g/mol. The zero-order chi connectivity index (χ0) is 12.8. The molecule has 0 aromatic heterocycles. The normalized spacial score (nSPS) is 11.7. The fourth-order valence-corrected chi connectivity index (χ4v) is 1.76. The molecule has 0 heterocycles. The van der Waals surface area contributed by atoms with Crippen LogP contribution in [0.25, 0.3) is 0 Å². The summed E-state index contributed by atoms with van der Waals surface area (Å²) in [5.74, 6) is 0. The molecule has 1 atom stereocenters. The van der Waals surface area contributed by atoms with Crippen molar-refractivity contribution in [3.63, 3.8) is 0 Å². The molecule has 0 unspecified atom stereocenters. The van der Waals surface area contributed by atoms with Crippen molar-refractivity contribution < 1.29 is 4.92 Å². The Morgan fingerprint density at radius 2 is 2.06 bits per heavy atom. The summed E-state index contributed by atoms with van der Waals surface area (Å²) < 4.78 is 0. The van der Waals surface area contributed by atoms with Gasteiger partial charge in [0.2, 0.25) is 0 Å². The molecule has 4 N–H and O–H groups in total. The van der Waals surface area contributed by atoms with Gasteiger partial charge in [-0.05, 0) is 31.0 Å². The van der Waals surface area contributed by atoms with E-state index in [0.29, 0.717) is 6.54 Å². The van der Waals surface area contributed by atoms with E-state index in [1.807, 2.05) is 0 Å². The lowest BCUT2D eigenvalue weighted by molar-refractivity contribution is -0.384. The highest BCUT2D eigenvalue weighted by molar-refractivity contribution is 6.32. The van der Waals surface area contributed by atoms with Crippen molar-refractivity contribution in [1.29, 1.82) is 0 Å². The van der Waals surface area contributed by atoms with Gasteiger partial charge in [0.25, 0.3) is 5.69 Å². The average molecular weight is 294 g/mol. The highest BCUT2D eigenvalue weighted by Gasteiger charge is 2.15. The molecule has 1 rings (SSSR count). The summed E-state index contributed by atoms with van der Waals surface area (Å²) in [6.45, 7) is 0.632. The number of unbranched alkanes of at least 4 members (excludes halogenated alkanes) is 1. The molecule has 0 radical (unpaired) electrons. The van der Waals surface area contributed by atoms with Crippen molar-refractivity contribution in [3.05, 3.63) is 38.9 Å². The summed E-state index contributed by atoms with van der Waals surface area (Å²) in [6.07, 6.45) is 2.58. The van der Waals surface area contributed by atoms with Gasteiger partial charge in [-0.2, -0.15) is 0 Å². The Hall–Kier alpha value is -0.880. The van der Waals surface area contributed by atoms with Gasteiger partial charge < -0.3 is 11.5 Å². The molecule has 1 aromatic rings. The molecule has 1 aromatic carbocycles. The second-order valence-electron chi connectivity index (χ2n) is 3.86. The lowest BCUT2D eigenvalue weighted by Gasteiger charge is -2.11. The number of nitrogens with two attached hydrogens (primary N) is 2. The molecule has 0 aliphatic carbocycles. The molecule has 7 heteroatoms. The first-order valence-corrected chi connectivity index (χ1v) is 5.83. The van der Waals surface area contributed by atoms with Gasteiger partial charge >= 0.3 is 0 Å². The van der Waals surface area contributed by atoms with Gasteiger partial charge in [-0.1, -0.05) is 24.1 Å². The van der Waals surface area contributed by atoms with Crippen molar-refractivity contribution >= 4 is 29.7 Å². The van der Waals surface area contributed by atoms with Crippen LogP contribution >= 0.6 is 24.0 Å². The maximum absolute atomic E-state index is 10.7. The summed E-state index contributed by atoms with van der Waals surface area (Å²) in [7, 11) is 0. The van der Waals surface area contributed by atoms with E-state index in [1.165, 1.54) is 12.1 Å². The molecule has 0 saturated heterocycles. The van der Waals surface area contributed by atoms with Gasteiger partial charge in [-0.3, -0.25) is 10.1 Å². The van der Waals surface area contributed by atoms with Crippen molar-refractivity contribution in [3.8, 4) is 0 Å². The van der Waals surface area contributed by atoms with E-state index in [2.05, 4.69) is 0 Å². The molecule has 18 heavy (non-hydrogen) atoms. The van der Waals surface area contributed by atoms with Crippen LogP contribution < -0.4 is 11.5 Å². The van der Waals surface area contributed by atoms with Gasteiger partial charge in [0, 0.05) is 12.1 Å². The van der Waals surface area contributed by atoms with E-state index in [0.717, 1.165) is 24.8 Å². The van der Waals surface area contributed by atoms with E-state index in [9.17, 15) is 10.1 Å². The summed E-state index contributed by atoms with van der Waals surface area (Å²) in [6, 6.07) is 4.47. The topological polar surface area (TPSA) is 95.2 Å². The van der Waals surface area contributed by atoms with Crippen LogP contribution in [0, 0.1) is 10.1 Å². The van der Waals surface area contributed by atoms with Crippen LogP contribution in [0.2, 0.25) is 5.02 Å². The van der Waals surface area contributed by atoms with Crippen LogP contribution in [-0.4, -0.2) is 11.5 Å². The Morgan fingerprint density at radius 3 is 2.61 bits per heavy atom. The summed E-state index contributed by atoms with van der Waals surface area (Å²) >= 11 is 5.72. The van der Waals surface area contributed by atoms with Crippen LogP contribution in [0.15, 0.2) is 18.2 Å². The second kappa shape index (κ2) is 8.26. The van der Waals surface area contributed by atoms with Gasteiger partial charge in [0.1, 0.15) is 5.02 Å². The molecule has 0 aliphatic rings. The largest absolute Gasteiger partial charge is 0.330 e. The second-order valence-corrected chi connectivity index (χ2v) is 4.27. The fourth-order valence-electron chi connectivity index (χ4n) is 1.58. The molecule has 0 bridgehead atoms. The number of hydrogen-bond acceptors (Lipinski definition) is 4. The Kier molecular flexibility index (Phi) is 7.86. The van der Waals surface area contributed by atoms with E-state index in [4.69, 9.17) is 23.1 Å². The first kappa shape index (κ1) is 17.1. The molecule has 102 valence electrons. The number of halogens is 2. The molecule has 0 saturated carbocycles. The zero-order valence-electron chi connectivity index (χ0n) is 9.84. The number of hydrogen-bond donors (Lipinski definition) is 2. The fraction of sp³-hybridized carbons (Fsp3) is 0.455. The van der Waals surface area contributed by atoms with Crippen LogP contribution in [0.1, 0.15) is 30.9 Å². The number of nitro benzene ring substituents is 1. The Morgan fingerprint density at radius 1 is 1.39 bits per heavy atom. The third-order valence-electron chi connectivity index (χ3n) is 2.56. The lowest BCUT2D eigenvalue weighted by atomic mass is 10.0. The standard InChI is InChI=1S/C11H16ClN3O2.ClH/c12-9-5-4-8(7-11(9)15(16)17)10(14)3-1-2-6-13;/h4-5,7,10H,1-3,6,13-14H2;1H/t10-;/m0./s1. The SMILES string of the molecule is Cl.NCCCC[C@H](N)c1ccc(Cl)c([N+](=O)[O-])c1. The Labute approximate surface area is 117 Å². The first-order chi connectivity index (χ1) is 8.06. The summed E-state index contributed by atoms with van der Waals surface area (Å²) in [5.41, 5.74) is 12.0. The van der Waals surface area contributed by atoms with E-state index in [1.54, 1.807) is 6.07 Å². The van der Waals surface area contributed by atoms with Crippen molar-refractivity contribution in [2.24, 2.45) is 11.5 Å². The first-order valence-electron chi connectivity index (χ1n) is 5.45. The van der Waals surface area contributed by atoms with Crippen LogP contribution in [0.5, 0.6) is 0 Å². The lowest BCUT2D eigenvalue weighted by Crippen LogP contribution is -2.11. The maximum Gasteiger partial charge on any atom is 0.288 e. The quantitative estimate of drug-likeness (QED) is 0.479. The van der Waals surface area contributed by atoms with E-state index in [-0.39, 0.29) is 29.2 Å². The van der Waals surface area contributed by atoms with Crippen LogP contribution in [0.4, 0.5) is 5.69 Å². The minimum Gasteiger partial charge on any atom is -0.330 e. The number of nitro groups is 1. The molecule has 0 amide bonds. The molecular formula is C11H17Cl2N3O2. The summed E-state index contributed by atoms with van der Waals surface area (Å²) in [4.78, 5) is 10.2.